The molecule has 3 aromatic rings. The third-order valence-electron chi connectivity index (χ3n) is 5.04. The van der Waals surface area contributed by atoms with Gasteiger partial charge in [0.1, 0.15) is 0 Å². The highest BCUT2D eigenvalue weighted by Crippen LogP contribution is 2.31. The van der Waals surface area contributed by atoms with Gasteiger partial charge in [-0.15, -0.1) is 0 Å². The number of thiazole rings is 1. The van der Waals surface area contributed by atoms with Crippen LogP contribution in [0.4, 0.5) is 0 Å². The third kappa shape index (κ3) is 3.88. The second-order valence-corrected chi connectivity index (χ2v) is 8.64. The summed E-state index contributed by atoms with van der Waals surface area (Å²) in [4.78, 5) is 31.4. The summed E-state index contributed by atoms with van der Waals surface area (Å²) in [5.74, 6) is -0.485. The molecule has 0 amide bonds. The van der Waals surface area contributed by atoms with Gasteiger partial charge in [0, 0.05) is 23.8 Å². The first kappa shape index (κ1) is 21.3. The number of halogens is 1. The van der Waals surface area contributed by atoms with Crippen LogP contribution in [0.25, 0.3) is 6.08 Å². The van der Waals surface area contributed by atoms with Crippen LogP contribution in [0.2, 0.25) is 5.02 Å². The molecule has 1 aromatic carbocycles. The Morgan fingerprint density at radius 3 is 2.61 bits per heavy atom. The van der Waals surface area contributed by atoms with E-state index in [2.05, 4.69) is 10.1 Å². The van der Waals surface area contributed by atoms with Gasteiger partial charge in [0.2, 0.25) is 0 Å². The van der Waals surface area contributed by atoms with Crippen LogP contribution in [0.1, 0.15) is 36.7 Å². The van der Waals surface area contributed by atoms with Gasteiger partial charge in [-0.1, -0.05) is 35.1 Å². The fraction of sp³-hybridized carbons (Fsp3) is 0.273. The number of benzene rings is 1. The van der Waals surface area contributed by atoms with E-state index in [1.807, 2.05) is 38.4 Å². The minimum Gasteiger partial charge on any atom is -0.463 e. The van der Waals surface area contributed by atoms with Gasteiger partial charge in [-0.05, 0) is 44.5 Å². The number of fused-ring (bicyclic) bond motifs is 1. The van der Waals surface area contributed by atoms with E-state index >= 15 is 0 Å². The SMILES string of the molecule is CCOC(=O)C1=C(C)N=c2sc(=Cc3cn(C)nc3C)c(=O)n2[C@H]1c1ccc(Cl)cc1. The zero-order valence-corrected chi connectivity index (χ0v) is 19.1. The average Bonchev–Trinajstić information content (AvgIpc) is 3.19. The van der Waals surface area contributed by atoms with Crippen molar-refractivity contribution in [1.29, 1.82) is 0 Å². The summed E-state index contributed by atoms with van der Waals surface area (Å²) in [7, 11) is 1.83. The smallest absolute Gasteiger partial charge is 0.338 e. The number of carbonyl (C=O) groups excluding carboxylic acids is 1. The molecule has 3 heterocycles. The molecule has 7 nitrogen and oxygen atoms in total. The lowest BCUT2D eigenvalue weighted by Crippen LogP contribution is -2.39. The molecule has 0 N–H and O–H groups in total. The van der Waals surface area contributed by atoms with Gasteiger partial charge >= 0.3 is 5.97 Å². The molecule has 31 heavy (non-hydrogen) atoms. The number of hydrogen-bond donors (Lipinski definition) is 0. The number of carbonyl (C=O) groups is 1. The van der Waals surface area contributed by atoms with Crippen molar-refractivity contribution in [2.75, 3.05) is 6.61 Å². The summed E-state index contributed by atoms with van der Waals surface area (Å²) >= 11 is 7.36. The number of ether oxygens (including phenoxy) is 1. The molecule has 0 fully saturated rings. The van der Waals surface area contributed by atoms with Crippen molar-refractivity contribution in [2.24, 2.45) is 12.0 Å². The lowest BCUT2D eigenvalue weighted by Gasteiger charge is -2.24. The molecule has 0 unspecified atom stereocenters. The lowest BCUT2D eigenvalue weighted by atomic mass is 9.96. The number of rotatable bonds is 4. The maximum absolute atomic E-state index is 13.5. The van der Waals surface area contributed by atoms with Crippen molar-refractivity contribution < 1.29 is 9.53 Å². The monoisotopic (exact) mass is 456 g/mol. The fourth-order valence-electron chi connectivity index (χ4n) is 3.65. The number of esters is 1. The van der Waals surface area contributed by atoms with E-state index in [0.29, 0.717) is 25.6 Å². The van der Waals surface area contributed by atoms with Crippen LogP contribution in [0.3, 0.4) is 0 Å². The van der Waals surface area contributed by atoms with Gasteiger partial charge in [-0.25, -0.2) is 9.79 Å². The molecule has 0 saturated heterocycles. The van der Waals surface area contributed by atoms with Gasteiger partial charge in [-0.3, -0.25) is 14.0 Å². The predicted molar refractivity (Wildman–Crippen MR) is 120 cm³/mol. The fourth-order valence-corrected chi connectivity index (χ4v) is 4.82. The van der Waals surface area contributed by atoms with Crippen molar-refractivity contribution in [3.8, 4) is 0 Å². The zero-order valence-electron chi connectivity index (χ0n) is 17.5. The minimum atomic E-state index is -0.648. The molecule has 0 radical (unpaired) electrons. The first-order valence-electron chi connectivity index (χ1n) is 9.75. The number of nitrogens with zero attached hydrogens (tertiary/aromatic N) is 4. The van der Waals surface area contributed by atoms with Crippen LogP contribution < -0.4 is 14.9 Å². The molecule has 160 valence electrons. The van der Waals surface area contributed by atoms with Gasteiger partial charge in [0.15, 0.2) is 4.80 Å². The summed E-state index contributed by atoms with van der Waals surface area (Å²) in [6.07, 6.45) is 3.67. The topological polar surface area (TPSA) is 78.5 Å². The zero-order chi connectivity index (χ0) is 22.3. The standard InChI is InChI=1S/C22H21ClN4O3S/c1-5-30-21(29)18-13(3)24-22-27(19(18)14-6-8-16(23)9-7-14)20(28)17(31-22)10-15-11-26(4)25-12(15)2/h6-11,19H,5H2,1-4H3/t19-/m0/s1. The molecule has 0 spiro atoms. The quantitative estimate of drug-likeness (QED) is 0.565. The lowest BCUT2D eigenvalue weighted by molar-refractivity contribution is -0.139. The van der Waals surface area contributed by atoms with Crippen LogP contribution >= 0.6 is 22.9 Å². The Labute approximate surface area is 187 Å². The summed E-state index contributed by atoms with van der Waals surface area (Å²) < 4.78 is 9.08. The molecule has 0 bridgehead atoms. The van der Waals surface area contributed by atoms with E-state index in [1.54, 1.807) is 35.2 Å². The Kier molecular flexibility index (Phi) is 5.68. The molecular formula is C22H21ClN4O3S. The third-order valence-corrected chi connectivity index (χ3v) is 6.28. The Morgan fingerprint density at radius 1 is 1.29 bits per heavy atom. The van der Waals surface area contributed by atoms with Crippen LogP contribution in [-0.4, -0.2) is 26.9 Å². The van der Waals surface area contributed by atoms with Gasteiger partial charge in [-0.2, -0.15) is 5.10 Å². The molecule has 1 aliphatic rings. The van der Waals surface area contributed by atoms with Crippen molar-refractivity contribution in [3.05, 3.63) is 83.3 Å². The molecule has 2 aromatic heterocycles. The van der Waals surface area contributed by atoms with Crippen LogP contribution in [0.5, 0.6) is 0 Å². The second kappa shape index (κ2) is 8.28. The van der Waals surface area contributed by atoms with Crippen molar-refractivity contribution in [3.63, 3.8) is 0 Å². The van der Waals surface area contributed by atoms with Crippen molar-refractivity contribution >= 4 is 35.0 Å². The summed E-state index contributed by atoms with van der Waals surface area (Å²) in [5.41, 5.74) is 3.10. The predicted octanol–water partition coefficient (Wildman–Crippen LogP) is 2.49. The van der Waals surface area contributed by atoms with E-state index in [9.17, 15) is 9.59 Å². The minimum absolute atomic E-state index is 0.221. The molecular weight excluding hydrogens is 436 g/mol. The number of allylic oxidation sites excluding steroid dienone is 1. The van der Waals surface area contributed by atoms with E-state index in [0.717, 1.165) is 16.8 Å². The second-order valence-electron chi connectivity index (χ2n) is 7.20. The normalized spacial score (nSPS) is 16.3. The molecule has 1 atom stereocenters. The van der Waals surface area contributed by atoms with Gasteiger partial charge < -0.3 is 4.74 Å². The number of aryl methyl sites for hydroxylation is 2. The first-order chi connectivity index (χ1) is 14.8. The molecule has 0 aliphatic carbocycles. The van der Waals surface area contributed by atoms with Crippen LogP contribution in [0, 0.1) is 6.92 Å². The summed E-state index contributed by atoms with van der Waals surface area (Å²) in [6, 6.07) is 6.46. The molecule has 1 aliphatic heterocycles. The van der Waals surface area contributed by atoms with Crippen LogP contribution in [0.15, 0.2) is 51.5 Å². The van der Waals surface area contributed by atoms with Crippen molar-refractivity contribution in [1.82, 2.24) is 14.3 Å². The Bertz CT molecular complexity index is 1380. The van der Waals surface area contributed by atoms with Gasteiger partial charge in [0.25, 0.3) is 5.56 Å². The van der Waals surface area contributed by atoms with Crippen LogP contribution in [-0.2, 0) is 16.6 Å². The number of aromatic nitrogens is 3. The van der Waals surface area contributed by atoms with E-state index in [1.165, 1.54) is 11.3 Å². The molecule has 4 rings (SSSR count). The average molecular weight is 457 g/mol. The maximum Gasteiger partial charge on any atom is 0.338 e. The highest BCUT2D eigenvalue weighted by Gasteiger charge is 2.33. The molecule has 0 saturated carbocycles. The van der Waals surface area contributed by atoms with Crippen molar-refractivity contribution in [2.45, 2.75) is 26.8 Å². The Balaban J connectivity index is 1.97. The highest BCUT2D eigenvalue weighted by atomic mass is 35.5. The van der Waals surface area contributed by atoms with E-state index in [4.69, 9.17) is 16.3 Å². The largest absolute Gasteiger partial charge is 0.463 e. The maximum atomic E-state index is 13.5. The summed E-state index contributed by atoms with van der Waals surface area (Å²) in [5, 5.41) is 4.90. The van der Waals surface area contributed by atoms with E-state index < -0.39 is 12.0 Å². The number of hydrogen-bond acceptors (Lipinski definition) is 6. The van der Waals surface area contributed by atoms with Gasteiger partial charge in [0.05, 0.1) is 34.1 Å². The summed E-state index contributed by atoms with van der Waals surface area (Å²) in [6.45, 7) is 5.63. The molecule has 9 heteroatoms. The van der Waals surface area contributed by atoms with E-state index in [-0.39, 0.29) is 12.2 Å². The first-order valence-corrected chi connectivity index (χ1v) is 10.9. The highest BCUT2D eigenvalue weighted by molar-refractivity contribution is 7.07. The Morgan fingerprint density at radius 2 is 2.00 bits per heavy atom. The Hall–Kier alpha value is -2.97.